The van der Waals surface area contributed by atoms with Gasteiger partial charge in [-0.3, -0.25) is 0 Å². The Kier molecular flexibility index (Phi) is 3.06. The van der Waals surface area contributed by atoms with Crippen LogP contribution in [0.3, 0.4) is 0 Å². The number of anilines is 2. The Bertz CT molecular complexity index is 261. The molecule has 0 aromatic carbocycles. The Labute approximate surface area is 78.8 Å². The summed E-state index contributed by atoms with van der Waals surface area (Å²) in [6.07, 6.45) is 0. The summed E-state index contributed by atoms with van der Waals surface area (Å²) in [7, 11) is 0. The Morgan fingerprint density at radius 2 is 1.92 bits per heavy atom. The number of nitrogens with zero attached hydrogens (tertiary/aromatic N) is 3. The van der Waals surface area contributed by atoms with Crippen molar-refractivity contribution in [3.05, 3.63) is 11.8 Å². The standard InChI is InChI=1S/C9H16N4/c1-4-13(5-2)9-11-7(3)6-8(10)12-9/h6H,4-5H2,1-3H3,(H2,10,11,12). The van der Waals surface area contributed by atoms with Crippen molar-refractivity contribution in [2.75, 3.05) is 23.7 Å². The van der Waals surface area contributed by atoms with Crippen molar-refractivity contribution in [1.29, 1.82) is 0 Å². The second-order valence-corrected chi connectivity index (χ2v) is 2.91. The van der Waals surface area contributed by atoms with E-state index in [1.54, 1.807) is 6.07 Å². The van der Waals surface area contributed by atoms with E-state index in [0.29, 0.717) is 5.82 Å². The quantitative estimate of drug-likeness (QED) is 0.759. The molecule has 0 aliphatic rings. The van der Waals surface area contributed by atoms with E-state index in [9.17, 15) is 0 Å². The van der Waals surface area contributed by atoms with Gasteiger partial charge in [-0.25, -0.2) is 4.98 Å². The molecule has 0 amide bonds. The molecule has 0 unspecified atom stereocenters. The molecule has 0 saturated carbocycles. The van der Waals surface area contributed by atoms with Crippen LogP contribution in [-0.2, 0) is 0 Å². The fourth-order valence-electron chi connectivity index (χ4n) is 1.22. The summed E-state index contributed by atoms with van der Waals surface area (Å²) in [5.41, 5.74) is 6.54. The second kappa shape index (κ2) is 4.07. The number of aromatic nitrogens is 2. The molecule has 0 aliphatic carbocycles. The average Bonchev–Trinajstić information content (AvgIpc) is 2.04. The molecule has 0 atom stereocenters. The molecule has 1 aromatic rings. The van der Waals surface area contributed by atoms with Crippen LogP contribution in [0.1, 0.15) is 19.5 Å². The van der Waals surface area contributed by atoms with E-state index in [0.717, 1.165) is 24.7 Å². The van der Waals surface area contributed by atoms with Gasteiger partial charge in [0.2, 0.25) is 5.95 Å². The van der Waals surface area contributed by atoms with Crippen molar-refractivity contribution >= 4 is 11.8 Å². The molecule has 13 heavy (non-hydrogen) atoms. The van der Waals surface area contributed by atoms with Crippen LogP contribution in [0.4, 0.5) is 11.8 Å². The average molecular weight is 180 g/mol. The first-order valence-corrected chi connectivity index (χ1v) is 4.53. The van der Waals surface area contributed by atoms with Gasteiger partial charge in [-0.1, -0.05) is 0 Å². The highest BCUT2D eigenvalue weighted by Gasteiger charge is 2.05. The van der Waals surface area contributed by atoms with Gasteiger partial charge in [-0.2, -0.15) is 4.98 Å². The first-order chi connectivity index (χ1) is 6.17. The molecule has 0 radical (unpaired) electrons. The molecule has 2 N–H and O–H groups in total. The largest absolute Gasteiger partial charge is 0.384 e. The van der Waals surface area contributed by atoms with Gasteiger partial charge in [-0.15, -0.1) is 0 Å². The van der Waals surface area contributed by atoms with Gasteiger partial charge in [0.05, 0.1) is 0 Å². The summed E-state index contributed by atoms with van der Waals surface area (Å²) >= 11 is 0. The van der Waals surface area contributed by atoms with Crippen molar-refractivity contribution in [3.8, 4) is 0 Å². The van der Waals surface area contributed by atoms with Crippen LogP contribution in [0.2, 0.25) is 0 Å². The van der Waals surface area contributed by atoms with Gasteiger partial charge < -0.3 is 10.6 Å². The molecular weight excluding hydrogens is 164 g/mol. The van der Waals surface area contributed by atoms with Crippen molar-refractivity contribution in [2.24, 2.45) is 0 Å². The van der Waals surface area contributed by atoms with E-state index in [1.807, 2.05) is 6.92 Å². The predicted octanol–water partition coefficient (Wildman–Crippen LogP) is 1.21. The van der Waals surface area contributed by atoms with Crippen molar-refractivity contribution < 1.29 is 0 Å². The van der Waals surface area contributed by atoms with Crippen LogP contribution in [0.15, 0.2) is 6.07 Å². The minimum Gasteiger partial charge on any atom is -0.384 e. The fraction of sp³-hybridized carbons (Fsp3) is 0.556. The highest BCUT2D eigenvalue weighted by Crippen LogP contribution is 2.10. The Morgan fingerprint density at radius 1 is 1.31 bits per heavy atom. The van der Waals surface area contributed by atoms with E-state index >= 15 is 0 Å². The van der Waals surface area contributed by atoms with Gasteiger partial charge in [0.25, 0.3) is 0 Å². The number of nitrogens with two attached hydrogens (primary N) is 1. The van der Waals surface area contributed by atoms with Crippen molar-refractivity contribution in [2.45, 2.75) is 20.8 Å². The van der Waals surface area contributed by atoms with E-state index in [-0.39, 0.29) is 0 Å². The van der Waals surface area contributed by atoms with Crippen molar-refractivity contribution in [1.82, 2.24) is 9.97 Å². The molecule has 1 rings (SSSR count). The molecule has 0 fully saturated rings. The summed E-state index contributed by atoms with van der Waals surface area (Å²) in [6, 6.07) is 1.77. The van der Waals surface area contributed by atoms with Crippen LogP contribution in [0.5, 0.6) is 0 Å². The Morgan fingerprint density at radius 3 is 2.38 bits per heavy atom. The fourth-order valence-corrected chi connectivity index (χ4v) is 1.22. The number of rotatable bonds is 3. The first kappa shape index (κ1) is 9.77. The Hall–Kier alpha value is -1.32. The van der Waals surface area contributed by atoms with Crippen molar-refractivity contribution in [3.63, 3.8) is 0 Å². The monoisotopic (exact) mass is 180 g/mol. The zero-order valence-corrected chi connectivity index (χ0v) is 8.41. The predicted molar refractivity (Wildman–Crippen MR) is 54.7 cm³/mol. The number of hydrogen-bond donors (Lipinski definition) is 1. The van der Waals surface area contributed by atoms with Gasteiger partial charge in [0.15, 0.2) is 0 Å². The third-order valence-corrected chi connectivity index (χ3v) is 1.91. The van der Waals surface area contributed by atoms with Crippen LogP contribution < -0.4 is 10.6 Å². The summed E-state index contributed by atoms with van der Waals surface area (Å²) < 4.78 is 0. The zero-order valence-electron chi connectivity index (χ0n) is 8.41. The molecule has 1 aromatic heterocycles. The van der Waals surface area contributed by atoms with Crippen LogP contribution >= 0.6 is 0 Å². The lowest BCUT2D eigenvalue weighted by Gasteiger charge is -2.18. The van der Waals surface area contributed by atoms with E-state index < -0.39 is 0 Å². The molecule has 0 bridgehead atoms. The number of aryl methyl sites for hydroxylation is 1. The SMILES string of the molecule is CCN(CC)c1nc(C)cc(N)n1. The molecule has 0 spiro atoms. The highest BCUT2D eigenvalue weighted by atomic mass is 15.2. The van der Waals surface area contributed by atoms with E-state index in [4.69, 9.17) is 5.73 Å². The third-order valence-electron chi connectivity index (χ3n) is 1.91. The molecule has 1 heterocycles. The van der Waals surface area contributed by atoms with Gasteiger partial charge in [0.1, 0.15) is 5.82 Å². The molecule has 0 aliphatic heterocycles. The van der Waals surface area contributed by atoms with Crippen LogP contribution in [0.25, 0.3) is 0 Å². The topological polar surface area (TPSA) is 55.0 Å². The molecule has 72 valence electrons. The minimum absolute atomic E-state index is 0.536. The van der Waals surface area contributed by atoms with Crippen LogP contribution in [-0.4, -0.2) is 23.1 Å². The van der Waals surface area contributed by atoms with Crippen LogP contribution in [0, 0.1) is 6.92 Å². The normalized spacial score (nSPS) is 10.1. The summed E-state index contributed by atoms with van der Waals surface area (Å²) in [5, 5.41) is 0. The summed E-state index contributed by atoms with van der Waals surface area (Å²) in [4.78, 5) is 10.6. The maximum Gasteiger partial charge on any atom is 0.227 e. The smallest absolute Gasteiger partial charge is 0.227 e. The third kappa shape index (κ3) is 2.31. The minimum atomic E-state index is 0.536. The lowest BCUT2D eigenvalue weighted by Crippen LogP contribution is -2.24. The van der Waals surface area contributed by atoms with E-state index in [1.165, 1.54) is 0 Å². The number of nitrogen functional groups attached to an aromatic ring is 1. The van der Waals surface area contributed by atoms with Gasteiger partial charge in [-0.05, 0) is 20.8 Å². The molecule has 4 nitrogen and oxygen atoms in total. The maximum atomic E-state index is 5.63. The Balaban J connectivity index is 2.99. The molecular formula is C9H16N4. The first-order valence-electron chi connectivity index (χ1n) is 4.53. The maximum absolute atomic E-state index is 5.63. The highest BCUT2D eigenvalue weighted by molar-refractivity contribution is 5.39. The summed E-state index contributed by atoms with van der Waals surface area (Å²) in [6.45, 7) is 7.88. The lowest BCUT2D eigenvalue weighted by atomic mass is 10.4. The lowest BCUT2D eigenvalue weighted by molar-refractivity contribution is 0.818. The van der Waals surface area contributed by atoms with E-state index in [2.05, 4.69) is 28.7 Å². The molecule has 0 saturated heterocycles. The zero-order chi connectivity index (χ0) is 9.84. The number of hydrogen-bond acceptors (Lipinski definition) is 4. The van der Waals surface area contributed by atoms with Gasteiger partial charge >= 0.3 is 0 Å². The molecule has 4 heteroatoms. The summed E-state index contributed by atoms with van der Waals surface area (Å²) in [5.74, 6) is 1.26. The van der Waals surface area contributed by atoms with Gasteiger partial charge in [0, 0.05) is 24.8 Å². The second-order valence-electron chi connectivity index (χ2n) is 2.91.